The summed E-state index contributed by atoms with van der Waals surface area (Å²) in [5.41, 5.74) is 1.69. The third-order valence-corrected chi connectivity index (χ3v) is 5.04. The van der Waals surface area contributed by atoms with E-state index in [0.29, 0.717) is 22.0 Å². The summed E-state index contributed by atoms with van der Waals surface area (Å²) in [6.45, 7) is 2.82. The highest BCUT2D eigenvalue weighted by Gasteiger charge is 2.15. The molecule has 0 saturated heterocycles. The summed E-state index contributed by atoms with van der Waals surface area (Å²) < 4.78 is 15.0. The molecule has 112 valence electrons. The maximum atomic E-state index is 14.0. The van der Waals surface area contributed by atoms with Crippen LogP contribution in [0.5, 0.6) is 0 Å². The topological polar surface area (TPSA) is 12.0 Å². The lowest BCUT2D eigenvalue weighted by Gasteiger charge is -2.19. The van der Waals surface area contributed by atoms with E-state index in [1.54, 1.807) is 12.1 Å². The quantitative estimate of drug-likeness (QED) is 0.597. The van der Waals surface area contributed by atoms with E-state index in [1.807, 2.05) is 25.1 Å². The van der Waals surface area contributed by atoms with Crippen molar-refractivity contribution in [3.05, 3.63) is 67.0 Å². The van der Waals surface area contributed by atoms with Gasteiger partial charge in [0.15, 0.2) is 0 Å². The van der Waals surface area contributed by atoms with Crippen LogP contribution in [-0.2, 0) is 6.42 Å². The van der Waals surface area contributed by atoms with Crippen LogP contribution in [0.4, 0.5) is 4.39 Å². The third-order valence-electron chi connectivity index (χ3n) is 3.24. The lowest BCUT2D eigenvalue weighted by Crippen LogP contribution is -2.23. The Bertz CT molecular complexity index is 634. The van der Waals surface area contributed by atoms with E-state index in [1.165, 1.54) is 6.07 Å². The molecule has 1 N–H and O–H groups in total. The van der Waals surface area contributed by atoms with Gasteiger partial charge in [0, 0.05) is 14.6 Å². The molecule has 2 rings (SSSR count). The molecule has 0 saturated carbocycles. The van der Waals surface area contributed by atoms with E-state index in [-0.39, 0.29) is 11.9 Å². The normalized spacial score (nSPS) is 12.4. The molecule has 0 bridgehead atoms. The van der Waals surface area contributed by atoms with Gasteiger partial charge < -0.3 is 5.32 Å². The predicted molar refractivity (Wildman–Crippen MR) is 95.7 cm³/mol. The van der Waals surface area contributed by atoms with Crippen LogP contribution in [0.15, 0.2) is 36.4 Å². The van der Waals surface area contributed by atoms with Gasteiger partial charge in [0.25, 0.3) is 0 Å². The van der Waals surface area contributed by atoms with Gasteiger partial charge >= 0.3 is 0 Å². The van der Waals surface area contributed by atoms with Gasteiger partial charge in [-0.15, -0.1) is 0 Å². The molecule has 0 aromatic heterocycles. The average Bonchev–Trinajstić information content (AvgIpc) is 2.44. The second-order valence-corrected chi connectivity index (χ2v) is 6.73. The van der Waals surface area contributed by atoms with E-state index in [2.05, 4.69) is 27.9 Å². The molecular formula is C16H15Cl2FIN. The number of likely N-dealkylation sites (N-methyl/N-ethyl adjacent to an activating group) is 1. The minimum absolute atomic E-state index is 0.0141. The van der Waals surface area contributed by atoms with E-state index < -0.39 is 0 Å². The van der Waals surface area contributed by atoms with Gasteiger partial charge in [0.2, 0.25) is 0 Å². The molecule has 2 aromatic carbocycles. The summed E-state index contributed by atoms with van der Waals surface area (Å²) in [4.78, 5) is 0. The molecule has 0 spiro atoms. The first-order chi connectivity index (χ1) is 10.0. The van der Waals surface area contributed by atoms with E-state index in [0.717, 1.165) is 15.7 Å². The Hall–Kier alpha value is -0.360. The molecule has 1 nitrogen and oxygen atoms in total. The second kappa shape index (κ2) is 7.77. The Kier molecular flexibility index (Phi) is 6.29. The Labute approximate surface area is 148 Å². The zero-order valence-electron chi connectivity index (χ0n) is 11.5. The average molecular weight is 438 g/mol. The first-order valence-corrected chi connectivity index (χ1v) is 8.47. The fraction of sp³-hybridized carbons (Fsp3) is 0.250. The number of hydrogen-bond donors (Lipinski definition) is 1. The molecule has 0 aliphatic heterocycles. The Morgan fingerprint density at radius 3 is 2.57 bits per heavy atom. The summed E-state index contributed by atoms with van der Waals surface area (Å²) >= 11 is 14.2. The standard InChI is InChI=1S/C16H15Cl2FIN/c1-2-21-16(11-4-6-15(20)13(18)7-11)8-10-3-5-12(17)9-14(10)19/h3-7,9,16,21H,2,8H2,1H3. The minimum Gasteiger partial charge on any atom is -0.310 e. The van der Waals surface area contributed by atoms with Crippen LogP contribution in [0.3, 0.4) is 0 Å². The van der Waals surface area contributed by atoms with Gasteiger partial charge in [-0.3, -0.25) is 0 Å². The molecule has 0 aliphatic rings. The molecule has 0 radical (unpaired) electrons. The van der Waals surface area contributed by atoms with Crippen molar-refractivity contribution in [1.82, 2.24) is 5.32 Å². The van der Waals surface area contributed by atoms with Gasteiger partial charge in [-0.25, -0.2) is 4.39 Å². The third kappa shape index (κ3) is 4.55. The highest BCUT2D eigenvalue weighted by atomic mass is 127. The smallest absolute Gasteiger partial charge is 0.127 e. The Morgan fingerprint density at radius 1 is 1.19 bits per heavy atom. The number of hydrogen-bond acceptors (Lipinski definition) is 1. The molecule has 5 heteroatoms. The van der Waals surface area contributed by atoms with E-state index >= 15 is 0 Å². The zero-order chi connectivity index (χ0) is 15.4. The van der Waals surface area contributed by atoms with Crippen molar-refractivity contribution >= 4 is 45.8 Å². The van der Waals surface area contributed by atoms with Gasteiger partial charge in [-0.2, -0.15) is 0 Å². The van der Waals surface area contributed by atoms with Gasteiger partial charge in [-0.1, -0.05) is 42.3 Å². The fourth-order valence-electron chi connectivity index (χ4n) is 2.19. The predicted octanol–water partition coefficient (Wildman–Crippen LogP) is 5.63. The Balaban J connectivity index is 2.28. The van der Waals surface area contributed by atoms with Gasteiger partial charge in [0.05, 0.1) is 5.02 Å². The van der Waals surface area contributed by atoms with Crippen molar-refractivity contribution in [3.63, 3.8) is 0 Å². The zero-order valence-corrected chi connectivity index (χ0v) is 15.1. The van der Waals surface area contributed by atoms with Crippen LogP contribution in [-0.4, -0.2) is 6.54 Å². The molecule has 2 aromatic rings. The van der Waals surface area contributed by atoms with Crippen molar-refractivity contribution in [1.29, 1.82) is 0 Å². The van der Waals surface area contributed by atoms with Crippen LogP contribution in [0, 0.1) is 9.39 Å². The van der Waals surface area contributed by atoms with Crippen LogP contribution >= 0.6 is 45.8 Å². The molecular weight excluding hydrogens is 423 g/mol. The summed E-state index contributed by atoms with van der Waals surface area (Å²) in [6.07, 6.45) is 0.549. The Morgan fingerprint density at radius 2 is 1.95 bits per heavy atom. The number of rotatable bonds is 5. The SMILES string of the molecule is CCNC(Cc1ccc(Cl)cc1F)c1ccc(I)c(Cl)c1. The molecule has 21 heavy (non-hydrogen) atoms. The van der Waals surface area contributed by atoms with Gasteiger partial charge in [-0.05, 0) is 70.9 Å². The first kappa shape index (κ1) is 17.0. The highest BCUT2D eigenvalue weighted by molar-refractivity contribution is 14.1. The monoisotopic (exact) mass is 437 g/mol. The lowest BCUT2D eigenvalue weighted by molar-refractivity contribution is 0.528. The van der Waals surface area contributed by atoms with Crippen molar-refractivity contribution in [2.75, 3.05) is 6.54 Å². The fourth-order valence-corrected chi connectivity index (χ4v) is 2.87. The van der Waals surface area contributed by atoms with E-state index in [9.17, 15) is 4.39 Å². The van der Waals surface area contributed by atoms with Crippen LogP contribution in [0.2, 0.25) is 10.0 Å². The summed E-state index contributed by atoms with van der Waals surface area (Å²) in [5, 5.41) is 4.50. The first-order valence-electron chi connectivity index (χ1n) is 6.63. The summed E-state index contributed by atoms with van der Waals surface area (Å²) in [7, 11) is 0. The van der Waals surface area contributed by atoms with Crippen molar-refractivity contribution in [3.8, 4) is 0 Å². The molecule has 0 amide bonds. The summed E-state index contributed by atoms with van der Waals surface area (Å²) in [6, 6.07) is 10.7. The number of halogens is 4. The van der Waals surface area contributed by atoms with E-state index in [4.69, 9.17) is 23.2 Å². The molecule has 1 unspecified atom stereocenters. The number of benzene rings is 2. The minimum atomic E-state index is -0.276. The van der Waals surface area contributed by atoms with Crippen LogP contribution < -0.4 is 5.32 Å². The molecule has 1 atom stereocenters. The van der Waals surface area contributed by atoms with Crippen molar-refractivity contribution in [2.24, 2.45) is 0 Å². The number of nitrogens with one attached hydrogen (secondary N) is 1. The van der Waals surface area contributed by atoms with Crippen molar-refractivity contribution < 1.29 is 4.39 Å². The maximum absolute atomic E-state index is 14.0. The molecule has 0 heterocycles. The van der Waals surface area contributed by atoms with Crippen LogP contribution in [0.1, 0.15) is 24.1 Å². The second-order valence-electron chi connectivity index (χ2n) is 4.72. The summed E-state index contributed by atoms with van der Waals surface area (Å²) in [5.74, 6) is -0.276. The lowest BCUT2D eigenvalue weighted by atomic mass is 9.98. The van der Waals surface area contributed by atoms with Gasteiger partial charge in [0.1, 0.15) is 5.82 Å². The largest absolute Gasteiger partial charge is 0.310 e. The molecule has 0 aliphatic carbocycles. The van der Waals surface area contributed by atoms with Crippen molar-refractivity contribution in [2.45, 2.75) is 19.4 Å². The molecule has 0 fully saturated rings. The highest BCUT2D eigenvalue weighted by Crippen LogP contribution is 2.26. The maximum Gasteiger partial charge on any atom is 0.127 e. The van der Waals surface area contributed by atoms with Crippen LogP contribution in [0.25, 0.3) is 0 Å².